The van der Waals surface area contributed by atoms with Crippen LogP contribution in [0.5, 0.6) is 0 Å². The Morgan fingerprint density at radius 2 is 2.04 bits per heavy atom. The number of amides is 1. The highest BCUT2D eigenvalue weighted by Crippen LogP contribution is 2.24. The number of rotatable bonds is 5. The average Bonchev–Trinajstić information content (AvgIpc) is 3.15. The Kier molecular flexibility index (Phi) is 5.56. The molecule has 0 bridgehead atoms. The number of piperidine rings is 1. The molecule has 0 unspecified atom stereocenters. The number of aryl methyl sites for hydroxylation is 1. The summed E-state index contributed by atoms with van der Waals surface area (Å²) >= 11 is 1.40. The highest BCUT2D eigenvalue weighted by Gasteiger charge is 2.30. The van der Waals surface area contributed by atoms with Crippen LogP contribution in [-0.4, -0.2) is 38.3 Å². The number of thiophene rings is 1. The number of nitrogens with one attached hydrogen (secondary N) is 1. The SMILES string of the molecule is Cc1ccc(S(=O)(=O)N2CCC[C@@H](CNC(=O)c3cccs3)C2)cc1. The molecule has 1 aromatic carbocycles. The topological polar surface area (TPSA) is 66.5 Å². The third-order valence-corrected chi connectivity index (χ3v) is 7.18. The molecule has 0 saturated carbocycles. The first-order chi connectivity index (χ1) is 12.0. The van der Waals surface area contributed by atoms with Crippen LogP contribution in [0.4, 0.5) is 0 Å². The summed E-state index contributed by atoms with van der Waals surface area (Å²) in [5.41, 5.74) is 1.03. The van der Waals surface area contributed by atoms with E-state index in [0.717, 1.165) is 18.4 Å². The molecule has 25 heavy (non-hydrogen) atoms. The molecule has 2 aromatic rings. The lowest BCUT2D eigenvalue weighted by atomic mass is 10.00. The summed E-state index contributed by atoms with van der Waals surface area (Å²) < 4.78 is 27.2. The molecule has 1 amide bonds. The van der Waals surface area contributed by atoms with Gasteiger partial charge in [0.15, 0.2) is 0 Å². The van der Waals surface area contributed by atoms with Gasteiger partial charge in [0, 0.05) is 19.6 Å². The molecular weight excluding hydrogens is 356 g/mol. The largest absolute Gasteiger partial charge is 0.351 e. The number of hydrogen-bond donors (Lipinski definition) is 1. The van der Waals surface area contributed by atoms with E-state index in [1.807, 2.05) is 30.5 Å². The van der Waals surface area contributed by atoms with E-state index < -0.39 is 10.0 Å². The molecule has 1 aliphatic heterocycles. The summed E-state index contributed by atoms with van der Waals surface area (Å²) in [5, 5.41) is 4.79. The maximum absolute atomic E-state index is 12.8. The Labute approximate surface area is 152 Å². The van der Waals surface area contributed by atoms with Gasteiger partial charge >= 0.3 is 0 Å². The van der Waals surface area contributed by atoms with E-state index >= 15 is 0 Å². The molecule has 1 N–H and O–H groups in total. The van der Waals surface area contributed by atoms with Gasteiger partial charge < -0.3 is 5.32 Å². The van der Waals surface area contributed by atoms with Gasteiger partial charge in [0.25, 0.3) is 5.91 Å². The first-order valence-corrected chi connectivity index (χ1v) is 10.7. The molecule has 1 atom stereocenters. The highest BCUT2D eigenvalue weighted by molar-refractivity contribution is 7.89. The van der Waals surface area contributed by atoms with E-state index in [1.54, 1.807) is 22.5 Å². The van der Waals surface area contributed by atoms with Crippen LogP contribution < -0.4 is 5.32 Å². The van der Waals surface area contributed by atoms with Crippen molar-refractivity contribution >= 4 is 27.3 Å². The van der Waals surface area contributed by atoms with Gasteiger partial charge in [-0.15, -0.1) is 11.3 Å². The number of carbonyl (C=O) groups is 1. The fraction of sp³-hybridized carbons (Fsp3) is 0.389. The molecule has 0 spiro atoms. The molecule has 1 aromatic heterocycles. The van der Waals surface area contributed by atoms with Crippen molar-refractivity contribution in [3.63, 3.8) is 0 Å². The lowest BCUT2D eigenvalue weighted by Gasteiger charge is -2.32. The number of nitrogens with zero attached hydrogens (tertiary/aromatic N) is 1. The second-order valence-electron chi connectivity index (χ2n) is 6.37. The predicted octanol–water partition coefficient (Wildman–Crippen LogP) is 2.89. The van der Waals surface area contributed by atoms with Gasteiger partial charge in [-0.1, -0.05) is 23.8 Å². The molecule has 0 aliphatic carbocycles. The lowest BCUT2D eigenvalue weighted by Crippen LogP contribution is -2.43. The third-order valence-electron chi connectivity index (χ3n) is 4.44. The van der Waals surface area contributed by atoms with Crippen LogP contribution in [0, 0.1) is 12.8 Å². The highest BCUT2D eigenvalue weighted by atomic mass is 32.2. The van der Waals surface area contributed by atoms with E-state index in [4.69, 9.17) is 0 Å². The summed E-state index contributed by atoms with van der Waals surface area (Å²) in [4.78, 5) is 13.1. The summed E-state index contributed by atoms with van der Waals surface area (Å²) in [5.74, 6) is 0.0476. The molecular formula is C18H22N2O3S2. The van der Waals surface area contributed by atoms with Gasteiger partial charge in [-0.05, 0) is 49.3 Å². The molecule has 3 rings (SSSR count). The first-order valence-electron chi connectivity index (χ1n) is 8.35. The van der Waals surface area contributed by atoms with E-state index in [1.165, 1.54) is 11.3 Å². The van der Waals surface area contributed by atoms with Crippen LogP contribution in [0.2, 0.25) is 0 Å². The van der Waals surface area contributed by atoms with Crippen LogP contribution >= 0.6 is 11.3 Å². The molecule has 7 heteroatoms. The standard InChI is InChI=1S/C18H22N2O3S2/c1-14-6-8-16(9-7-14)25(22,23)20-10-2-4-15(13-20)12-19-18(21)17-5-3-11-24-17/h3,5-9,11,15H,2,4,10,12-13H2,1H3,(H,19,21)/t15-/m0/s1. The Morgan fingerprint density at radius 1 is 1.28 bits per heavy atom. The van der Waals surface area contributed by atoms with E-state index in [-0.39, 0.29) is 11.8 Å². The molecule has 1 saturated heterocycles. The van der Waals surface area contributed by atoms with Crippen molar-refractivity contribution in [2.75, 3.05) is 19.6 Å². The second-order valence-corrected chi connectivity index (χ2v) is 9.26. The molecule has 5 nitrogen and oxygen atoms in total. The Balaban J connectivity index is 1.62. The summed E-state index contributed by atoms with van der Waals surface area (Å²) in [6, 6.07) is 10.6. The van der Waals surface area contributed by atoms with Crippen LogP contribution in [0.15, 0.2) is 46.7 Å². The quantitative estimate of drug-likeness (QED) is 0.870. The molecule has 1 aliphatic rings. The van der Waals surface area contributed by atoms with Crippen molar-refractivity contribution in [3.8, 4) is 0 Å². The minimum atomic E-state index is -3.47. The van der Waals surface area contributed by atoms with E-state index in [9.17, 15) is 13.2 Å². The van der Waals surface area contributed by atoms with Gasteiger partial charge in [-0.3, -0.25) is 4.79 Å². The van der Waals surface area contributed by atoms with Gasteiger partial charge in [0.1, 0.15) is 0 Å². The number of sulfonamides is 1. The molecule has 0 radical (unpaired) electrons. The van der Waals surface area contributed by atoms with Gasteiger partial charge in [0.2, 0.25) is 10.0 Å². The van der Waals surface area contributed by atoms with Crippen molar-refractivity contribution in [2.45, 2.75) is 24.7 Å². The van der Waals surface area contributed by atoms with Crippen molar-refractivity contribution in [1.82, 2.24) is 9.62 Å². The Bertz CT molecular complexity index is 815. The zero-order valence-electron chi connectivity index (χ0n) is 14.1. The van der Waals surface area contributed by atoms with Gasteiger partial charge in [0.05, 0.1) is 9.77 Å². The summed E-state index contributed by atoms with van der Waals surface area (Å²) in [7, 11) is -3.47. The normalized spacial score (nSPS) is 18.8. The third kappa shape index (κ3) is 4.29. The van der Waals surface area contributed by atoms with Crippen molar-refractivity contribution in [1.29, 1.82) is 0 Å². The first kappa shape index (κ1) is 18.1. The minimum Gasteiger partial charge on any atom is -0.351 e. The van der Waals surface area contributed by atoms with Crippen molar-refractivity contribution < 1.29 is 13.2 Å². The lowest BCUT2D eigenvalue weighted by molar-refractivity contribution is 0.0945. The molecule has 134 valence electrons. The van der Waals surface area contributed by atoms with Crippen LogP contribution in [0.3, 0.4) is 0 Å². The Morgan fingerprint density at radius 3 is 2.72 bits per heavy atom. The monoisotopic (exact) mass is 378 g/mol. The summed E-state index contributed by atoms with van der Waals surface area (Å²) in [6.07, 6.45) is 1.73. The number of hydrogen-bond acceptors (Lipinski definition) is 4. The van der Waals surface area contributed by atoms with E-state index in [0.29, 0.717) is 29.4 Å². The minimum absolute atomic E-state index is 0.0893. The number of benzene rings is 1. The summed E-state index contributed by atoms with van der Waals surface area (Å²) in [6.45, 7) is 3.41. The maximum Gasteiger partial charge on any atom is 0.261 e. The smallest absolute Gasteiger partial charge is 0.261 e. The number of carbonyl (C=O) groups excluding carboxylic acids is 1. The van der Waals surface area contributed by atoms with Gasteiger partial charge in [-0.2, -0.15) is 4.31 Å². The zero-order chi connectivity index (χ0) is 17.9. The second kappa shape index (κ2) is 7.68. The molecule has 1 fully saturated rings. The van der Waals surface area contributed by atoms with Crippen LogP contribution in [0.25, 0.3) is 0 Å². The average molecular weight is 379 g/mol. The van der Waals surface area contributed by atoms with Crippen LogP contribution in [0.1, 0.15) is 28.1 Å². The van der Waals surface area contributed by atoms with Crippen LogP contribution in [-0.2, 0) is 10.0 Å². The zero-order valence-corrected chi connectivity index (χ0v) is 15.8. The van der Waals surface area contributed by atoms with E-state index in [2.05, 4.69) is 5.32 Å². The Hall–Kier alpha value is -1.70. The molecule has 2 heterocycles. The maximum atomic E-state index is 12.8. The van der Waals surface area contributed by atoms with Crippen molar-refractivity contribution in [3.05, 3.63) is 52.2 Å². The fourth-order valence-corrected chi connectivity index (χ4v) is 5.20. The van der Waals surface area contributed by atoms with Crippen molar-refractivity contribution in [2.24, 2.45) is 5.92 Å². The van der Waals surface area contributed by atoms with Gasteiger partial charge in [-0.25, -0.2) is 8.42 Å². The fourth-order valence-electron chi connectivity index (χ4n) is 3.00. The predicted molar refractivity (Wildman–Crippen MR) is 99.3 cm³/mol.